The number of hydrogen-bond acceptors (Lipinski definition) is 9. The Balaban J connectivity index is 1.58. The number of methoxy groups -OCH3 is 2. The second-order valence-electron chi connectivity index (χ2n) is 5.73. The monoisotopic (exact) mass is 412 g/mol. The molecule has 3 rings (SSSR count). The number of nitrogens with one attached hydrogen (secondary N) is 1. The molecule has 3 N–H and O–H groups in total. The van der Waals surface area contributed by atoms with Gasteiger partial charge in [-0.05, 0) is 36.4 Å². The summed E-state index contributed by atoms with van der Waals surface area (Å²) in [5.74, 6) is 7.74. The minimum atomic E-state index is -0.0515. The fraction of sp³-hybridized carbons (Fsp3) is 0.158. The smallest absolute Gasteiger partial charge is 0.264 e. The average molecular weight is 412 g/mol. The Hall–Kier alpha value is -3.53. The van der Waals surface area contributed by atoms with Gasteiger partial charge in [0.1, 0.15) is 11.5 Å². The van der Waals surface area contributed by atoms with E-state index in [0.717, 1.165) is 5.56 Å². The first kappa shape index (κ1) is 20.2. The summed E-state index contributed by atoms with van der Waals surface area (Å²) in [6, 6.07) is 14.4. The molecule has 0 aliphatic carbocycles. The lowest BCUT2D eigenvalue weighted by Gasteiger charge is -2.04. The van der Waals surface area contributed by atoms with Crippen molar-refractivity contribution in [3.8, 4) is 11.5 Å². The van der Waals surface area contributed by atoms with E-state index in [-0.39, 0.29) is 17.5 Å². The summed E-state index contributed by atoms with van der Waals surface area (Å²) in [6.45, 7) is 0. The summed E-state index contributed by atoms with van der Waals surface area (Å²) in [7, 11) is 3.17. The quantitative estimate of drug-likeness (QED) is 0.181. The molecule has 0 bridgehead atoms. The molecule has 150 valence electrons. The number of anilines is 1. The number of thioether (sulfide) groups is 1. The van der Waals surface area contributed by atoms with Gasteiger partial charge in [-0.3, -0.25) is 4.79 Å². The first-order valence-electron chi connectivity index (χ1n) is 8.55. The molecule has 0 atom stereocenters. The predicted molar refractivity (Wildman–Crippen MR) is 112 cm³/mol. The first-order valence-corrected chi connectivity index (χ1v) is 9.53. The molecular formula is C19H20N6O3S. The Morgan fingerprint density at radius 1 is 1.17 bits per heavy atom. The molecule has 0 aliphatic heterocycles. The zero-order valence-electron chi connectivity index (χ0n) is 15.9. The van der Waals surface area contributed by atoms with Gasteiger partial charge in [-0.15, -0.1) is 10.2 Å². The molecule has 0 saturated carbocycles. The third kappa shape index (κ3) is 5.05. The van der Waals surface area contributed by atoms with Crippen LogP contribution >= 0.6 is 11.8 Å². The molecular weight excluding hydrogens is 392 g/mol. The van der Waals surface area contributed by atoms with E-state index < -0.39 is 0 Å². The van der Waals surface area contributed by atoms with Gasteiger partial charge in [-0.1, -0.05) is 23.9 Å². The molecule has 0 radical (unpaired) electrons. The van der Waals surface area contributed by atoms with E-state index in [0.29, 0.717) is 22.2 Å². The Morgan fingerprint density at radius 2 is 1.93 bits per heavy atom. The number of benzene rings is 2. The highest BCUT2D eigenvalue weighted by atomic mass is 32.2. The lowest BCUT2D eigenvalue weighted by molar-refractivity contribution is 0.102. The summed E-state index contributed by atoms with van der Waals surface area (Å²) < 4.78 is 11.6. The number of carbonyl (C=O) groups is 1. The highest BCUT2D eigenvalue weighted by molar-refractivity contribution is 7.99. The molecule has 1 aromatic heterocycles. The van der Waals surface area contributed by atoms with E-state index in [9.17, 15) is 4.79 Å². The van der Waals surface area contributed by atoms with Crippen molar-refractivity contribution >= 4 is 29.7 Å². The van der Waals surface area contributed by atoms with Gasteiger partial charge in [0.2, 0.25) is 5.16 Å². The van der Waals surface area contributed by atoms with E-state index >= 15 is 0 Å². The number of nitrogen functional groups attached to an aromatic ring is 1. The van der Waals surface area contributed by atoms with Gasteiger partial charge in [-0.25, -0.2) is 10.1 Å². The van der Waals surface area contributed by atoms with Crippen LogP contribution in [0.25, 0.3) is 0 Å². The number of ketones is 1. The molecule has 3 aromatic rings. The van der Waals surface area contributed by atoms with E-state index in [2.05, 4.69) is 20.7 Å². The minimum absolute atomic E-state index is 0.0515. The largest absolute Gasteiger partial charge is 0.497 e. The third-order valence-corrected chi connectivity index (χ3v) is 4.86. The van der Waals surface area contributed by atoms with Gasteiger partial charge in [0.15, 0.2) is 5.78 Å². The van der Waals surface area contributed by atoms with E-state index in [1.807, 2.05) is 24.3 Å². The van der Waals surface area contributed by atoms with Crippen LogP contribution in [0.2, 0.25) is 0 Å². The highest BCUT2D eigenvalue weighted by Crippen LogP contribution is 2.20. The van der Waals surface area contributed by atoms with Gasteiger partial charge >= 0.3 is 0 Å². The summed E-state index contributed by atoms with van der Waals surface area (Å²) >= 11 is 1.19. The van der Waals surface area contributed by atoms with Crippen molar-refractivity contribution in [1.29, 1.82) is 0 Å². The molecule has 0 unspecified atom stereocenters. The molecule has 0 fully saturated rings. The van der Waals surface area contributed by atoms with Crippen LogP contribution in [0.5, 0.6) is 11.5 Å². The second-order valence-corrected chi connectivity index (χ2v) is 6.67. The van der Waals surface area contributed by atoms with Crippen molar-refractivity contribution in [2.75, 3.05) is 31.2 Å². The van der Waals surface area contributed by atoms with Crippen LogP contribution in [0.1, 0.15) is 15.9 Å². The number of Topliss-reactive ketones (excluding diaryl/α,β-unsaturated/α-hetero) is 1. The van der Waals surface area contributed by atoms with Crippen LogP contribution in [0.4, 0.5) is 5.95 Å². The van der Waals surface area contributed by atoms with Crippen LogP contribution in [0, 0.1) is 0 Å². The first-order chi connectivity index (χ1) is 14.1. The summed E-state index contributed by atoms with van der Waals surface area (Å²) in [6.07, 6.45) is 1.59. The predicted octanol–water partition coefficient (Wildman–Crippen LogP) is 2.43. The molecule has 0 amide bonds. The lowest BCUT2D eigenvalue weighted by Crippen LogP contribution is -2.14. The number of para-hydroxylation sites is 1. The van der Waals surface area contributed by atoms with Crippen molar-refractivity contribution in [2.45, 2.75) is 5.16 Å². The number of ether oxygens (including phenoxy) is 2. The maximum absolute atomic E-state index is 12.3. The molecule has 10 heteroatoms. The van der Waals surface area contributed by atoms with Crippen molar-refractivity contribution in [3.63, 3.8) is 0 Å². The van der Waals surface area contributed by atoms with Crippen molar-refractivity contribution < 1.29 is 14.3 Å². The molecule has 0 aliphatic rings. The minimum Gasteiger partial charge on any atom is -0.497 e. The number of rotatable bonds is 9. The van der Waals surface area contributed by atoms with E-state index in [4.69, 9.17) is 15.3 Å². The molecule has 29 heavy (non-hydrogen) atoms. The zero-order valence-corrected chi connectivity index (χ0v) is 16.7. The normalized spacial score (nSPS) is 10.8. The zero-order chi connectivity index (χ0) is 20.6. The Kier molecular flexibility index (Phi) is 6.69. The van der Waals surface area contributed by atoms with Crippen LogP contribution in [0.15, 0.2) is 58.8 Å². The summed E-state index contributed by atoms with van der Waals surface area (Å²) in [4.78, 5) is 12.3. The maximum atomic E-state index is 12.3. The van der Waals surface area contributed by atoms with E-state index in [1.165, 1.54) is 16.4 Å². The van der Waals surface area contributed by atoms with Crippen LogP contribution < -0.4 is 20.7 Å². The number of nitrogens with zero attached hydrogens (tertiary/aromatic N) is 4. The topological polar surface area (TPSA) is 117 Å². The molecule has 1 heterocycles. The fourth-order valence-electron chi connectivity index (χ4n) is 2.37. The Morgan fingerprint density at radius 3 is 2.66 bits per heavy atom. The van der Waals surface area contributed by atoms with Crippen molar-refractivity contribution in [2.24, 2.45) is 5.10 Å². The standard InChI is InChI=1S/C19H20N6O3S/c1-27-15-9-7-13(8-10-15)16(26)12-29-19-24-23-18(25(19)20)22-21-11-14-5-3-4-6-17(14)28-2/h3-11H,12,20H2,1-2H3,(H,22,23)/b21-11+. The number of hydrazone groups is 1. The molecule has 9 nitrogen and oxygen atoms in total. The van der Waals surface area contributed by atoms with Crippen molar-refractivity contribution in [3.05, 3.63) is 59.7 Å². The van der Waals surface area contributed by atoms with Gasteiger partial charge < -0.3 is 15.3 Å². The fourth-order valence-corrected chi connectivity index (χ4v) is 3.13. The van der Waals surface area contributed by atoms with Gasteiger partial charge in [0.25, 0.3) is 5.95 Å². The van der Waals surface area contributed by atoms with Crippen LogP contribution in [-0.2, 0) is 0 Å². The van der Waals surface area contributed by atoms with Crippen molar-refractivity contribution in [1.82, 2.24) is 14.9 Å². The Labute approximate surface area is 171 Å². The number of carbonyl (C=O) groups excluding carboxylic acids is 1. The van der Waals surface area contributed by atoms with Gasteiger partial charge in [0, 0.05) is 11.1 Å². The number of aromatic nitrogens is 3. The summed E-state index contributed by atoms with van der Waals surface area (Å²) in [5, 5.41) is 12.4. The summed E-state index contributed by atoms with van der Waals surface area (Å²) in [5.41, 5.74) is 4.11. The van der Waals surface area contributed by atoms with Crippen LogP contribution in [-0.4, -0.2) is 46.8 Å². The van der Waals surface area contributed by atoms with E-state index in [1.54, 1.807) is 44.7 Å². The third-order valence-electron chi connectivity index (χ3n) is 3.92. The SMILES string of the molecule is COc1ccc(C(=O)CSc2nnc(N/N=C/c3ccccc3OC)n2N)cc1. The van der Waals surface area contributed by atoms with Gasteiger partial charge in [-0.2, -0.15) is 5.10 Å². The Bertz CT molecular complexity index is 1000. The number of hydrogen-bond donors (Lipinski definition) is 2. The second kappa shape index (κ2) is 9.60. The van der Waals surface area contributed by atoms with Crippen LogP contribution in [0.3, 0.4) is 0 Å². The lowest BCUT2D eigenvalue weighted by atomic mass is 10.1. The molecule has 0 spiro atoms. The molecule has 0 saturated heterocycles. The molecule has 2 aromatic carbocycles. The average Bonchev–Trinajstić information content (AvgIpc) is 3.12. The van der Waals surface area contributed by atoms with Gasteiger partial charge in [0.05, 0.1) is 26.2 Å². The number of nitrogens with two attached hydrogens (primary N) is 1. The highest BCUT2D eigenvalue weighted by Gasteiger charge is 2.13. The maximum Gasteiger partial charge on any atom is 0.264 e.